The highest BCUT2D eigenvalue weighted by Crippen LogP contribution is 2.24. The predicted molar refractivity (Wildman–Crippen MR) is 69.0 cm³/mol. The monoisotopic (exact) mass is 297 g/mol. The number of hydrogen-bond acceptors (Lipinski definition) is 2. The lowest BCUT2D eigenvalue weighted by atomic mass is 10.1. The molecule has 0 spiro atoms. The van der Waals surface area contributed by atoms with Crippen LogP contribution >= 0.6 is 15.9 Å². The fourth-order valence-electron chi connectivity index (χ4n) is 1.42. The van der Waals surface area contributed by atoms with Crippen LogP contribution in [0.15, 0.2) is 28.8 Å². The van der Waals surface area contributed by atoms with E-state index in [1.165, 1.54) is 0 Å². The van der Waals surface area contributed by atoms with E-state index in [4.69, 9.17) is 5.11 Å². The predicted octanol–water partition coefficient (Wildman–Crippen LogP) is 2.65. The van der Waals surface area contributed by atoms with Crippen molar-refractivity contribution in [1.29, 1.82) is 0 Å². The van der Waals surface area contributed by atoms with Crippen LogP contribution in [0.4, 0.5) is 5.69 Å². The van der Waals surface area contributed by atoms with Gasteiger partial charge in [-0.25, -0.2) is 4.79 Å². The summed E-state index contributed by atoms with van der Waals surface area (Å²) in [6.07, 6.45) is 1.79. The van der Waals surface area contributed by atoms with Crippen molar-refractivity contribution in [3.63, 3.8) is 0 Å². The fraction of sp³-hybridized carbons (Fsp3) is 0.167. The molecular weight excluding hydrogens is 286 g/mol. The van der Waals surface area contributed by atoms with Crippen molar-refractivity contribution >= 4 is 33.5 Å². The van der Waals surface area contributed by atoms with Crippen LogP contribution in [0.5, 0.6) is 0 Å². The molecular formula is C12H12BrNO3. The van der Waals surface area contributed by atoms with E-state index >= 15 is 0 Å². The van der Waals surface area contributed by atoms with E-state index in [1.807, 2.05) is 26.0 Å². The van der Waals surface area contributed by atoms with Crippen molar-refractivity contribution in [3.05, 3.63) is 39.9 Å². The molecule has 0 aliphatic rings. The normalized spacial score (nSPS) is 10.5. The number of carboxylic acid groups (broad SMARTS) is 1. The van der Waals surface area contributed by atoms with Gasteiger partial charge in [0.1, 0.15) is 0 Å². The highest BCUT2D eigenvalue weighted by Gasteiger charge is 2.06. The molecule has 1 aromatic carbocycles. The molecule has 0 bridgehead atoms. The Morgan fingerprint density at radius 3 is 2.24 bits per heavy atom. The van der Waals surface area contributed by atoms with Crippen molar-refractivity contribution in [2.24, 2.45) is 0 Å². The van der Waals surface area contributed by atoms with Crippen LogP contribution in [0.2, 0.25) is 0 Å². The highest BCUT2D eigenvalue weighted by atomic mass is 79.9. The first kappa shape index (κ1) is 13.4. The number of carbonyl (C=O) groups excluding carboxylic acids is 1. The second-order valence-corrected chi connectivity index (χ2v) is 4.49. The number of amides is 1. The Morgan fingerprint density at radius 1 is 1.24 bits per heavy atom. The van der Waals surface area contributed by atoms with Crippen LogP contribution in [-0.4, -0.2) is 17.0 Å². The summed E-state index contributed by atoms with van der Waals surface area (Å²) in [6.45, 7) is 3.74. The van der Waals surface area contributed by atoms with Gasteiger partial charge in [-0.3, -0.25) is 4.79 Å². The van der Waals surface area contributed by atoms with Gasteiger partial charge in [0, 0.05) is 22.3 Å². The largest absolute Gasteiger partial charge is 0.478 e. The topological polar surface area (TPSA) is 66.4 Å². The summed E-state index contributed by atoms with van der Waals surface area (Å²) in [5, 5.41) is 11.1. The molecule has 0 saturated heterocycles. The summed E-state index contributed by atoms with van der Waals surface area (Å²) in [4.78, 5) is 21.7. The zero-order valence-electron chi connectivity index (χ0n) is 9.45. The third kappa shape index (κ3) is 4.03. The smallest absolute Gasteiger partial charge is 0.328 e. The van der Waals surface area contributed by atoms with Crippen molar-refractivity contribution < 1.29 is 14.7 Å². The van der Waals surface area contributed by atoms with Crippen LogP contribution in [-0.2, 0) is 9.59 Å². The Hall–Kier alpha value is -1.62. The van der Waals surface area contributed by atoms with Crippen molar-refractivity contribution in [1.82, 2.24) is 0 Å². The first-order valence-electron chi connectivity index (χ1n) is 4.89. The Kier molecular flexibility index (Phi) is 4.45. The Morgan fingerprint density at radius 2 is 1.76 bits per heavy atom. The molecule has 0 aliphatic carbocycles. The third-order valence-electron chi connectivity index (χ3n) is 2.12. The molecule has 1 rings (SSSR count). The summed E-state index contributed by atoms with van der Waals surface area (Å²) in [7, 11) is 0. The Labute approximate surface area is 107 Å². The van der Waals surface area contributed by atoms with Gasteiger partial charge in [-0.05, 0) is 37.1 Å². The molecule has 0 saturated carbocycles. The fourth-order valence-corrected chi connectivity index (χ4v) is 2.11. The number of carbonyl (C=O) groups is 2. The minimum atomic E-state index is -1.15. The van der Waals surface area contributed by atoms with Crippen molar-refractivity contribution in [2.75, 3.05) is 5.32 Å². The Bertz CT molecular complexity index is 472. The minimum absolute atomic E-state index is 0.457. The lowest BCUT2D eigenvalue weighted by molar-refractivity contribution is -0.131. The molecule has 4 nitrogen and oxygen atoms in total. The summed E-state index contributed by atoms with van der Waals surface area (Å²) in [5.74, 6) is -1.61. The van der Waals surface area contributed by atoms with Crippen LogP contribution in [0.3, 0.4) is 0 Å². The number of halogens is 1. The Balaban J connectivity index is 2.89. The number of carboxylic acids is 1. The maximum atomic E-state index is 11.4. The molecule has 0 aliphatic heterocycles. The SMILES string of the molecule is Cc1cc(Br)cc(C)c1NC(=O)/C=C\C(=O)O. The number of hydrogen-bond donors (Lipinski definition) is 2. The van der Waals surface area contributed by atoms with E-state index < -0.39 is 11.9 Å². The highest BCUT2D eigenvalue weighted by molar-refractivity contribution is 9.10. The quantitative estimate of drug-likeness (QED) is 0.843. The van der Waals surface area contributed by atoms with Gasteiger partial charge in [0.2, 0.25) is 5.91 Å². The van der Waals surface area contributed by atoms with Gasteiger partial charge in [0.15, 0.2) is 0 Å². The number of nitrogens with one attached hydrogen (secondary N) is 1. The van der Waals surface area contributed by atoms with E-state index in [9.17, 15) is 9.59 Å². The molecule has 0 heterocycles. The lowest BCUT2D eigenvalue weighted by Crippen LogP contribution is -2.11. The number of anilines is 1. The van der Waals surface area contributed by atoms with Gasteiger partial charge in [-0.1, -0.05) is 15.9 Å². The molecule has 1 aromatic rings. The van der Waals surface area contributed by atoms with E-state index in [1.54, 1.807) is 0 Å². The van der Waals surface area contributed by atoms with Crippen molar-refractivity contribution in [2.45, 2.75) is 13.8 Å². The average Bonchev–Trinajstić information content (AvgIpc) is 2.20. The minimum Gasteiger partial charge on any atom is -0.478 e. The number of rotatable bonds is 3. The van der Waals surface area contributed by atoms with Gasteiger partial charge in [0.05, 0.1) is 0 Å². The number of benzene rings is 1. The van der Waals surface area contributed by atoms with Crippen molar-refractivity contribution in [3.8, 4) is 0 Å². The lowest BCUT2D eigenvalue weighted by Gasteiger charge is -2.10. The standard InChI is InChI=1S/C12H12BrNO3/c1-7-5-9(13)6-8(2)12(7)14-10(15)3-4-11(16)17/h3-6H,1-2H3,(H,14,15)(H,16,17)/b4-3-. The van der Waals surface area contributed by atoms with Gasteiger partial charge >= 0.3 is 5.97 Å². The molecule has 0 radical (unpaired) electrons. The van der Waals surface area contributed by atoms with Crippen LogP contribution in [0.25, 0.3) is 0 Å². The van der Waals surface area contributed by atoms with Gasteiger partial charge < -0.3 is 10.4 Å². The van der Waals surface area contributed by atoms with Gasteiger partial charge in [-0.2, -0.15) is 0 Å². The molecule has 0 aromatic heterocycles. The first-order chi connectivity index (χ1) is 7.90. The van der Waals surface area contributed by atoms with Gasteiger partial charge in [0.25, 0.3) is 0 Å². The van der Waals surface area contributed by atoms with Crippen LogP contribution < -0.4 is 5.32 Å². The molecule has 1 amide bonds. The maximum Gasteiger partial charge on any atom is 0.328 e. The molecule has 90 valence electrons. The number of aliphatic carboxylic acids is 1. The first-order valence-corrected chi connectivity index (χ1v) is 5.68. The average molecular weight is 298 g/mol. The molecule has 5 heteroatoms. The summed E-state index contributed by atoms with van der Waals surface area (Å²) in [6, 6.07) is 3.76. The summed E-state index contributed by atoms with van der Waals surface area (Å²) < 4.78 is 0.937. The van der Waals surface area contributed by atoms with E-state index in [-0.39, 0.29) is 0 Å². The van der Waals surface area contributed by atoms with Crippen LogP contribution in [0.1, 0.15) is 11.1 Å². The van der Waals surface area contributed by atoms with Gasteiger partial charge in [-0.15, -0.1) is 0 Å². The molecule has 17 heavy (non-hydrogen) atoms. The summed E-state index contributed by atoms with van der Waals surface area (Å²) >= 11 is 3.36. The molecule has 0 unspecified atom stereocenters. The molecule has 2 N–H and O–H groups in total. The second kappa shape index (κ2) is 5.63. The van der Waals surface area contributed by atoms with E-state index in [0.717, 1.165) is 27.8 Å². The molecule has 0 fully saturated rings. The second-order valence-electron chi connectivity index (χ2n) is 3.58. The van der Waals surface area contributed by atoms with E-state index in [2.05, 4.69) is 21.2 Å². The number of aryl methyl sites for hydroxylation is 2. The molecule has 0 atom stereocenters. The third-order valence-corrected chi connectivity index (χ3v) is 2.58. The zero-order chi connectivity index (χ0) is 13.0. The van der Waals surface area contributed by atoms with E-state index in [0.29, 0.717) is 5.69 Å². The summed E-state index contributed by atoms with van der Waals surface area (Å²) in [5.41, 5.74) is 2.52. The van der Waals surface area contributed by atoms with Crippen LogP contribution in [0, 0.1) is 13.8 Å². The maximum absolute atomic E-state index is 11.4. The zero-order valence-corrected chi connectivity index (χ0v) is 11.0.